The van der Waals surface area contributed by atoms with E-state index >= 15 is 0 Å². The SMILES string of the molecule is COCCNCc1cncn1C(C)C(=O)N1CCCCC1. The summed E-state index contributed by atoms with van der Waals surface area (Å²) < 4.78 is 6.98. The number of carbonyl (C=O) groups excluding carboxylic acids is 1. The molecule has 1 atom stereocenters. The van der Waals surface area contributed by atoms with Crippen LogP contribution < -0.4 is 5.32 Å². The summed E-state index contributed by atoms with van der Waals surface area (Å²) in [6.07, 6.45) is 7.04. The molecule has 0 aromatic carbocycles. The Morgan fingerprint density at radius 1 is 1.43 bits per heavy atom. The van der Waals surface area contributed by atoms with E-state index in [0.717, 1.165) is 38.2 Å². The van der Waals surface area contributed by atoms with Gasteiger partial charge in [0.1, 0.15) is 6.04 Å². The number of amides is 1. The highest BCUT2D eigenvalue weighted by Gasteiger charge is 2.24. The van der Waals surface area contributed by atoms with Crippen molar-refractivity contribution < 1.29 is 9.53 Å². The summed E-state index contributed by atoms with van der Waals surface area (Å²) in [6, 6.07) is -0.190. The van der Waals surface area contributed by atoms with Crippen molar-refractivity contribution >= 4 is 5.91 Å². The standard InChI is InChI=1S/C15H26N4O2/c1-13(15(20)18-7-4-3-5-8-18)19-12-17-11-14(19)10-16-6-9-21-2/h11-13,16H,3-10H2,1-2H3. The molecule has 1 unspecified atom stereocenters. The maximum Gasteiger partial charge on any atom is 0.245 e. The smallest absolute Gasteiger partial charge is 0.245 e. The van der Waals surface area contributed by atoms with Gasteiger partial charge in [0.25, 0.3) is 0 Å². The number of aromatic nitrogens is 2. The van der Waals surface area contributed by atoms with E-state index in [0.29, 0.717) is 13.2 Å². The molecule has 1 aromatic heterocycles. The van der Waals surface area contributed by atoms with Crippen LogP contribution in [-0.4, -0.2) is 53.7 Å². The van der Waals surface area contributed by atoms with Crippen LogP contribution in [0, 0.1) is 0 Å². The lowest BCUT2D eigenvalue weighted by molar-refractivity contribution is -0.135. The number of nitrogens with one attached hydrogen (secondary N) is 1. The van der Waals surface area contributed by atoms with Crippen LogP contribution in [0.5, 0.6) is 0 Å². The molecule has 0 aliphatic carbocycles. The van der Waals surface area contributed by atoms with E-state index in [1.807, 2.05) is 22.6 Å². The van der Waals surface area contributed by atoms with Gasteiger partial charge in [-0.15, -0.1) is 0 Å². The van der Waals surface area contributed by atoms with Gasteiger partial charge >= 0.3 is 0 Å². The van der Waals surface area contributed by atoms with Gasteiger partial charge in [0, 0.05) is 39.5 Å². The Hall–Kier alpha value is -1.40. The second kappa shape index (κ2) is 8.14. The molecule has 1 fully saturated rings. The van der Waals surface area contributed by atoms with Crippen molar-refractivity contribution in [2.75, 3.05) is 33.4 Å². The molecule has 21 heavy (non-hydrogen) atoms. The van der Waals surface area contributed by atoms with Crippen molar-refractivity contribution in [3.63, 3.8) is 0 Å². The van der Waals surface area contributed by atoms with Crippen LogP contribution in [0.3, 0.4) is 0 Å². The summed E-state index contributed by atoms with van der Waals surface area (Å²) in [4.78, 5) is 18.7. The summed E-state index contributed by atoms with van der Waals surface area (Å²) in [5, 5.41) is 3.29. The first-order valence-corrected chi connectivity index (χ1v) is 7.73. The Kier molecular flexibility index (Phi) is 6.20. The molecule has 6 nitrogen and oxygen atoms in total. The first-order chi connectivity index (χ1) is 10.2. The molecule has 0 radical (unpaired) electrons. The van der Waals surface area contributed by atoms with Crippen molar-refractivity contribution in [1.29, 1.82) is 0 Å². The zero-order valence-electron chi connectivity index (χ0n) is 13.0. The lowest BCUT2D eigenvalue weighted by atomic mass is 10.1. The molecule has 0 spiro atoms. The van der Waals surface area contributed by atoms with Crippen molar-refractivity contribution in [2.24, 2.45) is 0 Å². The molecule has 1 aliphatic rings. The Balaban J connectivity index is 1.93. The average Bonchev–Trinajstić information content (AvgIpc) is 2.99. The quantitative estimate of drug-likeness (QED) is 0.768. The lowest BCUT2D eigenvalue weighted by Gasteiger charge is -2.30. The van der Waals surface area contributed by atoms with Crippen molar-refractivity contribution in [1.82, 2.24) is 19.8 Å². The van der Waals surface area contributed by atoms with Gasteiger partial charge < -0.3 is 19.5 Å². The molecule has 1 saturated heterocycles. The Labute approximate surface area is 126 Å². The fraction of sp³-hybridized carbons (Fsp3) is 0.733. The first-order valence-electron chi connectivity index (χ1n) is 7.73. The number of rotatable bonds is 7. The van der Waals surface area contributed by atoms with Gasteiger partial charge in [-0.2, -0.15) is 0 Å². The Morgan fingerprint density at radius 2 is 2.19 bits per heavy atom. The fourth-order valence-corrected chi connectivity index (χ4v) is 2.71. The number of piperidine rings is 1. The van der Waals surface area contributed by atoms with E-state index < -0.39 is 0 Å². The zero-order chi connectivity index (χ0) is 15.1. The minimum Gasteiger partial charge on any atom is -0.383 e. The summed E-state index contributed by atoms with van der Waals surface area (Å²) in [7, 11) is 1.69. The van der Waals surface area contributed by atoms with Crippen LogP contribution in [0.15, 0.2) is 12.5 Å². The van der Waals surface area contributed by atoms with E-state index in [2.05, 4.69) is 10.3 Å². The Bertz CT molecular complexity index is 441. The van der Waals surface area contributed by atoms with Crippen LogP contribution in [0.2, 0.25) is 0 Å². The monoisotopic (exact) mass is 294 g/mol. The molecule has 2 rings (SSSR count). The van der Waals surface area contributed by atoms with Gasteiger partial charge in [0.05, 0.1) is 18.6 Å². The average molecular weight is 294 g/mol. The minimum atomic E-state index is -0.190. The van der Waals surface area contributed by atoms with Crippen LogP contribution in [0.4, 0.5) is 0 Å². The maximum atomic E-state index is 12.6. The molecule has 0 bridgehead atoms. The van der Waals surface area contributed by atoms with E-state index in [-0.39, 0.29) is 11.9 Å². The van der Waals surface area contributed by atoms with Crippen LogP contribution in [0.25, 0.3) is 0 Å². The van der Waals surface area contributed by atoms with Gasteiger partial charge in [-0.3, -0.25) is 4.79 Å². The van der Waals surface area contributed by atoms with E-state index in [4.69, 9.17) is 4.74 Å². The second-order valence-corrected chi connectivity index (χ2v) is 5.52. The van der Waals surface area contributed by atoms with E-state index in [1.54, 1.807) is 13.4 Å². The van der Waals surface area contributed by atoms with Crippen molar-refractivity contribution in [3.05, 3.63) is 18.2 Å². The Morgan fingerprint density at radius 3 is 2.90 bits per heavy atom. The molecular formula is C15H26N4O2. The van der Waals surface area contributed by atoms with Crippen molar-refractivity contribution in [2.45, 2.75) is 38.8 Å². The molecule has 1 amide bonds. The highest BCUT2D eigenvalue weighted by Crippen LogP contribution is 2.17. The third kappa shape index (κ3) is 4.28. The van der Waals surface area contributed by atoms with Crippen molar-refractivity contribution in [3.8, 4) is 0 Å². The number of ether oxygens (including phenoxy) is 1. The number of hydrogen-bond donors (Lipinski definition) is 1. The summed E-state index contributed by atoms with van der Waals surface area (Å²) >= 11 is 0. The predicted octanol–water partition coefficient (Wildman–Crippen LogP) is 1.19. The summed E-state index contributed by atoms with van der Waals surface area (Å²) in [6.45, 7) is 5.89. The van der Waals surface area contributed by atoms with Crippen LogP contribution in [0.1, 0.15) is 37.9 Å². The van der Waals surface area contributed by atoms with Crippen LogP contribution >= 0.6 is 0 Å². The molecule has 1 aromatic rings. The minimum absolute atomic E-state index is 0.190. The molecular weight excluding hydrogens is 268 g/mol. The lowest BCUT2D eigenvalue weighted by Crippen LogP contribution is -2.40. The second-order valence-electron chi connectivity index (χ2n) is 5.52. The van der Waals surface area contributed by atoms with Gasteiger partial charge in [-0.1, -0.05) is 0 Å². The molecule has 6 heteroatoms. The largest absolute Gasteiger partial charge is 0.383 e. The normalized spacial score (nSPS) is 17.0. The highest BCUT2D eigenvalue weighted by molar-refractivity contribution is 5.80. The summed E-state index contributed by atoms with van der Waals surface area (Å²) in [5.41, 5.74) is 1.03. The van der Waals surface area contributed by atoms with Gasteiger partial charge in [-0.25, -0.2) is 4.98 Å². The number of carbonyl (C=O) groups is 1. The van der Waals surface area contributed by atoms with Gasteiger partial charge in [0.15, 0.2) is 0 Å². The van der Waals surface area contributed by atoms with Gasteiger partial charge in [0.2, 0.25) is 5.91 Å². The predicted molar refractivity (Wildman–Crippen MR) is 81.0 cm³/mol. The number of likely N-dealkylation sites (tertiary alicyclic amines) is 1. The van der Waals surface area contributed by atoms with Gasteiger partial charge in [-0.05, 0) is 26.2 Å². The highest BCUT2D eigenvalue weighted by atomic mass is 16.5. The molecule has 1 N–H and O–H groups in total. The van der Waals surface area contributed by atoms with Crippen LogP contribution in [-0.2, 0) is 16.1 Å². The molecule has 118 valence electrons. The first kappa shape index (κ1) is 16.0. The number of methoxy groups -OCH3 is 1. The molecule has 2 heterocycles. The summed E-state index contributed by atoms with van der Waals surface area (Å²) in [5.74, 6) is 0.200. The fourth-order valence-electron chi connectivity index (χ4n) is 2.71. The number of imidazole rings is 1. The third-order valence-electron chi connectivity index (χ3n) is 3.98. The maximum absolute atomic E-state index is 12.6. The zero-order valence-corrected chi connectivity index (χ0v) is 13.0. The molecule has 1 aliphatic heterocycles. The topological polar surface area (TPSA) is 59.4 Å². The molecule has 0 saturated carbocycles. The number of hydrogen-bond acceptors (Lipinski definition) is 4. The van der Waals surface area contributed by atoms with E-state index in [9.17, 15) is 4.79 Å². The van der Waals surface area contributed by atoms with E-state index in [1.165, 1.54) is 6.42 Å². The number of nitrogens with zero attached hydrogens (tertiary/aromatic N) is 3. The third-order valence-corrected chi connectivity index (χ3v) is 3.98.